The second kappa shape index (κ2) is 8.80. The van der Waals surface area contributed by atoms with Gasteiger partial charge in [-0.1, -0.05) is 18.2 Å². The van der Waals surface area contributed by atoms with Crippen molar-refractivity contribution in [2.24, 2.45) is 5.92 Å². The van der Waals surface area contributed by atoms with Gasteiger partial charge in [0, 0.05) is 37.3 Å². The largest absolute Gasteiger partial charge is 0.497 e. The molecular weight excluding hydrogens is 378 g/mol. The van der Waals surface area contributed by atoms with Crippen molar-refractivity contribution < 1.29 is 9.53 Å². The molecule has 1 saturated heterocycles. The Morgan fingerprint density at radius 2 is 2.07 bits per heavy atom. The first-order valence-corrected chi connectivity index (χ1v) is 9.47. The van der Waals surface area contributed by atoms with Gasteiger partial charge in [0.05, 0.1) is 19.6 Å². The van der Waals surface area contributed by atoms with E-state index in [0.29, 0.717) is 24.8 Å². The Balaban J connectivity index is 0.00000225. The van der Waals surface area contributed by atoms with Gasteiger partial charge in [0.2, 0.25) is 5.91 Å². The molecule has 2 N–H and O–H groups in total. The van der Waals surface area contributed by atoms with Crippen LogP contribution in [0.5, 0.6) is 5.75 Å². The summed E-state index contributed by atoms with van der Waals surface area (Å²) in [4.78, 5) is 25.0. The van der Waals surface area contributed by atoms with Gasteiger partial charge in [-0.15, -0.1) is 12.4 Å². The van der Waals surface area contributed by atoms with Crippen LogP contribution in [0.15, 0.2) is 47.3 Å². The zero-order valence-electron chi connectivity index (χ0n) is 15.9. The molecule has 6 nitrogen and oxygen atoms in total. The first-order valence-electron chi connectivity index (χ1n) is 9.47. The highest BCUT2D eigenvalue weighted by Gasteiger charge is 2.37. The topological polar surface area (TPSA) is 72.4 Å². The fourth-order valence-electron chi connectivity index (χ4n) is 4.42. The van der Waals surface area contributed by atoms with Crippen molar-refractivity contribution in [3.63, 3.8) is 0 Å². The lowest BCUT2D eigenvalue weighted by Crippen LogP contribution is -2.50. The Hall–Kier alpha value is -2.31. The summed E-state index contributed by atoms with van der Waals surface area (Å²) in [5.41, 5.74) is 2.02. The van der Waals surface area contributed by atoms with E-state index < -0.39 is 0 Å². The van der Waals surface area contributed by atoms with Gasteiger partial charge < -0.3 is 19.9 Å². The fourth-order valence-corrected chi connectivity index (χ4v) is 4.42. The van der Waals surface area contributed by atoms with Crippen LogP contribution in [0.4, 0.5) is 0 Å². The van der Waals surface area contributed by atoms with Gasteiger partial charge in [-0.05, 0) is 36.1 Å². The first kappa shape index (κ1) is 20.4. The highest BCUT2D eigenvalue weighted by Crippen LogP contribution is 2.38. The predicted molar refractivity (Wildman–Crippen MR) is 110 cm³/mol. The second-order valence-corrected chi connectivity index (χ2v) is 7.41. The number of ether oxygens (including phenoxy) is 1. The van der Waals surface area contributed by atoms with Crippen molar-refractivity contribution in [3.8, 4) is 5.75 Å². The number of methoxy groups -OCH3 is 1. The van der Waals surface area contributed by atoms with E-state index in [4.69, 9.17) is 4.74 Å². The van der Waals surface area contributed by atoms with Crippen molar-refractivity contribution in [3.05, 3.63) is 64.1 Å². The third kappa shape index (κ3) is 4.08. The van der Waals surface area contributed by atoms with Crippen LogP contribution >= 0.6 is 12.4 Å². The van der Waals surface area contributed by atoms with Crippen LogP contribution < -0.4 is 20.9 Å². The van der Waals surface area contributed by atoms with Crippen LogP contribution in [0.2, 0.25) is 0 Å². The molecule has 3 heterocycles. The summed E-state index contributed by atoms with van der Waals surface area (Å²) in [6.45, 7) is 2.27. The number of piperidine rings is 1. The lowest BCUT2D eigenvalue weighted by atomic mass is 9.79. The number of carbonyl (C=O) groups excluding carboxylic acids is 1. The normalized spacial score (nSPS) is 22.5. The number of rotatable bonds is 5. The van der Waals surface area contributed by atoms with Crippen LogP contribution in [0.25, 0.3) is 0 Å². The average Bonchev–Trinajstić information content (AvgIpc) is 2.69. The fraction of sp³-hybridized carbons (Fsp3) is 0.429. The van der Waals surface area contributed by atoms with E-state index in [2.05, 4.69) is 10.6 Å². The number of carbonyl (C=O) groups is 1. The standard InChI is InChI=1S/C21H25N3O3.ClH/c1-27-17-5-2-4-14(8-17)9-20(25)23-13-19-16-10-15(11-22-12-16)18-6-3-7-21(26)24(18)19;/h2-8,15-16,19,22H,9-13H2,1H3,(H,23,25);1H/t15-,16+,19+;/m1./s1. The Morgan fingerprint density at radius 1 is 1.25 bits per heavy atom. The maximum atomic E-state index is 12.5. The summed E-state index contributed by atoms with van der Waals surface area (Å²) in [7, 11) is 1.61. The van der Waals surface area contributed by atoms with E-state index in [1.165, 1.54) is 0 Å². The maximum absolute atomic E-state index is 12.5. The van der Waals surface area contributed by atoms with Gasteiger partial charge in [-0.25, -0.2) is 0 Å². The number of halogens is 1. The molecule has 0 aliphatic carbocycles. The number of benzene rings is 1. The Bertz CT molecular complexity index is 898. The molecule has 28 heavy (non-hydrogen) atoms. The zero-order valence-corrected chi connectivity index (χ0v) is 16.7. The minimum absolute atomic E-state index is 0. The number of nitrogens with one attached hydrogen (secondary N) is 2. The Morgan fingerprint density at radius 3 is 2.89 bits per heavy atom. The third-order valence-corrected chi connectivity index (χ3v) is 5.71. The minimum atomic E-state index is -0.0420. The Labute approximate surface area is 170 Å². The SMILES string of the molecule is COc1cccc(CC(=O)NC[C@H]2[C@@H]3CNC[C@@H](C3)c3cccc(=O)n32)c1.Cl. The molecule has 0 saturated carbocycles. The van der Waals surface area contributed by atoms with E-state index in [9.17, 15) is 9.59 Å². The molecular formula is C21H26ClN3O3. The van der Waals surface area contributed by atoms with Crippen LogP contribution in [-0.2, 0) is 11.2 Å². The van der Waals surface area contributed by atoms with Crippen LogP contribution in [0.1, 0.15) is 29.6 Å². The molecule has 1 amide bonds. The van der Waals surface area contributed by atoms with Crippen LogP contribution in [-0.4, -0.2) is 37.2 Å². The van der Waals surface area contributed by atoms with E-state index in [0.717, 1.165) is 36.5 Å². The number of amides is 1. The summed E-state index contributed by atoms with van der Waals surface area (Å²) in [5.74, 6) is 1.43. The molecule has 0 radical (unpaired) electrons. The molecule has 1 aromatic heterocycles. The number of nitrogens with zero attached hydrogens (tertiary/aromatic N) is 1. The lowest BCUT2D eigenvalue weighted by molar-refractivity contribution is -0.120. The number of pyridine rings is 1. The molecule has 2 aliphatic heterocycles. The van der Waals surface area contributed by atoms with Crippen molar-refractivity contribution in [1.29, 1.82) is 0 Å². The predicted octanol–water partition coefficient (Wildman–Crippen LogP) is 1.89. The zero-order chi connectivity index (χ0) is 18.8. The molecule has 4 rings (SSSR count). The van der Waals surface area contributed by atoms with E-state index in [-0.39, 0.29) is 29.9 Å². The third-order valence-electron chi connectivity index (χ3n) is 5.71. The molecule has 2 bridgehead atoms. The van der Waals surface area contributed by atoms with Crippen LogP contribution in [0, 0.1) is 5.92 Å². The Kier molecular flexibility index (Phi) is 6.42. The van der Waals surface area contributed by atoms with Gasteiger partial charge >= 0.3 is 0 Å². The average molecular weight is 404 g/mol. The quantitative estimate of drug-likeness (QED) is 0.799. The summed E-state index contributed by atoms with van der Waals surface area (Å²) < 4.78 is 7.12. The minimum Gasteiger partial charge on any atom is -0.497 e. The van der Waals surface area contributed by atoms with E-state index in [1.807, 2.05) is 41.0 Å². The molecule has 1 aromatic carbocycles. The van der Waals surface area contributed by atoms with E-state index >= 15 is 0 Å². The molecule has 2 aliphatic rings. The van der Waals surface area contributed by atoms with Gasteiger partial charge in [0.25, 0.3) is 5.56 Å². The molecule has 1 fully saturated rings. The van der Waals surface area contributed by atoms with Gasteiger partial charge in [-0.3, -0.25) is 9.59 Å². The van der Waals surface area contributed by atoms with E-state index in [1.54, 1.807) is 13.2 Å². The van der Waals surface area contributed by atoms with Crippen molar-refractivity contribution >= 4 is 18.3 Å². The molecule has 7 heteroatoms. The van der Waals surface area contributed by atoms with Gasteiger partial charge in [-0.2, -0.15) is 0 Å². The molecule has 3 atom stereocenters. The lowest BCUT2D eigenvalue weighted by Gasteiger charge is -2.43. The van der Waals surface area contributed by atoms with Crippen molar-refractivity contribution in [1.82, 2.24) is 15.2 Å². The van der Waals surface area contributed by atoms with Crippen molar-refractivity contribution in [2.45, 2.75) is 24.8 Å². The van der Waals surface area contributed by atoms with Crippen LogP contribution in [0.3, 0.4) is 0 Å². The summed E-state index contributed by atoms with van der Waals surface area (Å²) in [5, 5.41) is 6.52. The second-order valence-electron chi connectivity index (χ2n) is 7.41. The highest BCUT2D eigenvalue weighted by atomic mass is 35.5. The number of hydrogen-bond acceptors (Lipinski definition) is 4. The van der Waals surface area contributed by atoms with Gasteiger partial charge in [0.15, 0.2) is 0 Å². The first-order chi connectivity index (χ1) is 13.2. The van der Waals surface area contributed by atoms with Gasteiger partial charge in [0.1, 0.15) is 5.75 Å². The number of fused-ring (bicyclic) bond motifs is 4. The molecule has 0 unspecified atom stereocenters. The monoisotopic (exact) mass is 403 g/mol. The maximum Gasteiger partial charge on any atom is 0.251 e. The number of hydrogen-bond donors (Lipinski definition) is 2. The molecule has 0 spiro atoms. The summed E-state index contributed by atoms with van der Waals surface area (Å²) in [6.07, 6.45) is 1.36. The molecule has 150 valence electrons. The highest BCUT2D eigenvalue weighted by molar-refractivity contribution is 5.85. The van der Waals surface area contributed by atoms with Crippen molar-refractivity contribution in [2.75, 3.05) is 26.7 Å². The summed E-state index contributed by atoms with van der Waals surface area (Å²) >= 11 is 0. The smallest absolute Gasteiger partial charge is 0.251 e. The summed E-state index contributed by atoms with van der Waals surface area (Å²) in [6, 6.07) is 13.0. The molecule has 2 aromatic rings. The number of aromatic nitrogens is 1.